The highest BCUT2D eigenvalue weighted by Crippen LogP contribution is 2.05. The van der Waals surface area contributed by atoms with Crippen LogP contribution in [-0.4, -0.2) is 31.7 Å². The van der Waals surface area contributed by atoms with Crippen molar-refractivity contribution in [3.8, 4) is 0 Å². The van der Waals surface area contributed by atoms with Gasteiger partial charge in [0.15, 0.2) is 9.84 Å². The van der Waals surface area contributed by atoms with Crippen LogP contribution in [0.15, 0.2) is 23.1 Å². The first-order valence-corrected chi connectivity index (χ1v) is 6.73. The number of hydrogen-bond acceptors (Lipinski definition) is 4. The molecule has 0 aromatic heterocycles. The predicted molar refractivity (Wildman–Crippen MR) is 61.5 cm³/mol. The van der Waals surface area contributed by atoms with Crippen LogP contribution in [0.3, 0.4) is 0 Å². The molecule has 0 saturated heterocycles. The SMILES string of the molecule is CS(=O)(=O)c1ccc2c(c1)=C(C(=O)O)C(=O)[N]C=2. The molecule has 1 aliphatic heterocycles. The third-order valence-corrected chi connectivity index (χ3v) is 3.58. The second-order valence-electron chi connectivity index (χ2n) is 3.76. The Morgan fingerprint density at radius 2 is 2.00 bits per heavy atom. The molecule has 1 aliphatic rings. The highest BCUT2D eigenvalue weighted by molar-refractivity contribution is 7.90. The number of sulfone groups is 1. The Morgan fingerprint density at radius 1 is 1.33 bits per heavy atom. The lowest BCUT2D eigenvalue weighted by molar-refractivity contribution is -0.132. The van der Waals surface area contributed by atoms with Gasteiger partial charge in [-0.3, -0.25) is 4.79 Å². The molecule has 0 atom stereocenters. The summed E-state index contributed by atoms with van der Waals surface area (Å²) in [7, 11) is -3.46. The van der Waals surface area contributed by atoms with E-state index in [4.69, 9.17) is 5.11 Å². The van der Waals surface area contributed by atoms with Crippen molar-refractivity contribution in [2.75, 3.05) is 6.26 Å². The fourth-order valence-corrected chi connectivity index (χ4v) is 2.26. The van der Waals surface area contributed by atoms with Gasteiger partial charge in [-0.1, -0.05) is 6.07 Å². The van der Waals surface area contributed by atoms with E-state index in [1.165, 1.54) is 24.4 Å². The van der Waals surface area contributed by atoms with Gasteiger partial charge in [-0.2, -0.15) is 0 Å². The van der Waals surface area contributed by atoms with Crippen LogP contribution in [0, 0.1) is 0 Å². The Morgan fingerprint density at radius 3 is 2.56 bits per heavy atom. The maximum absolute atomic E-state index is 11.4. The first kappa shape index (κ1) is 12.3. The van der Waals surface area contributed by atoms with Crippen molar-refractivity contribution in [3.63, 3.8) is 0 Å². The predicted octanol–water partition coefficient (Wildman–Crippen LogP) is -1.79. The quantitative estimate of drug-likeness (QED) is 0.681. The van der Waals surface area contributed by atoms with Crippen molar-refractivity contribution in [1.29, 1.82) is 0 Å². The van der Waals surface area contributed by atoms with Crippen LogP contribution in [0.2, 0.25) is 0 Å². The average molecular weight is 266 g/mol. The number of carboxylic acid groups (broad SMARTS) is 1. The van der Waals surface area contributed by atoms with E-state index in [0.29, 0.717) is 5.22 Å². The molecule has 1 heterocycles. The van der Waals surface area contributed by atoms with Gasteiger partial charge in [0.05, 0.1) is 4.90 Å². The number of rotatable bonds is 2. The number of fused-ring (bicyclic) bond motifs is 1. The summed E-state index contributed by atoms with van der Waals surface area (Å²) >= 11 is 0. The average Bonchev–Trinajstić information content (AvgIpc) is 2.26. The van der Waals surface area contributed by atoms with Gasteiger partial charge in [0, 0.05) is 22.9 Å². The minimum Gasteiger partial charge on any atom is -0.477 e. The number of carbonyl (C=O) groups is 2. The zero-order valence-electron chi connectivity index (χ0n) is 9.25. The van der Waals surface area contributed by atoms with E-state index in [9.17, 15) is 18.0 Å². The zero-order chi connectivity index (χ0) is 13.5. The third-order valence-electron chi connectivity index (χ3n) is 2.47. The third kappa shape index (κ3) is 2.00. The van der Waals surface area contributed by atoms with Gasteiger partial charge in [0.25, 0.3) is 5.91 Å². The number of aliphatic carboxylic acids is 1. The Labute approximate surface area is 102 Å². The molecule has 0 fully saturated rings. The van der Waals surface area contributed by atoms with Crippen LogP contribution < -0.4 is 15.8 Å². The van der Waals surface area contributed by atoms with Crippen molar-refractivity contribution >= 4 is 33.5 Å². The summed E-state index contributed by atoms with van der Waals surface area (Å²) in [5.41, 5.74) is -0.516. The van der Waals surface area contributed by atoms with Gasteiger partial charge in [-0.25, -0.2) is 18.5 Å². The van der Waals surface area contributed by atoms with Crippen LogP contribution in [0.5, 0.6) is 0 Å². The molecule has 0 aliphatic carbocycles. The summed E-state index contributed by atoms with van der Waals surface area (Å²) in [5.74, 6) is -2.32. The maximum atomic E-state index is 11.4. The molecule has 0 saturated carbocycles. The molecule has 1 amide bonds. The molecule has 0 unspecified atom stereocenters. The van der Waals surface area contributed by atoms with Gasteiger partial charge in [0.2, 0.25) is 0 Å². The van der Waals surface area contributed by atoms with Crippen LogP contribution in [-0.2, 0) is 19.4 Å². The Bertz CT molecular complexity index is 776. The monoisotopic (exact) mass is 266 g/mol. The van der Waals surface area contributed by atoms with Crippen LogP contribution >= 0.6 is 0 Å². The lowest BCUT2D eigenvalue weighted by Crippen LogP contribution is -2.40. The van der Waals surface area contributed by atoms with Crippen molar-refractivity contribution < 1.29 is 23.1 Å². The molecule has 1 aromatic carbocycles. The van der Waals surface area contributed by atoms with Crippen molar-refractivity contribution in [2.24, 2.45) is 0 Å². The lowest BCUT2D eigenvalue weighted by atomic mass is 10.1. The summed E-state index contributed by atoms with van der Waals surface area (Å²) in [6.45, 7) is 0. The van der Waals surface area contributed by atoms with E-state index in [1.807, 2.05) is 0 Å². The zero-order valence-corrected chi connectivity index (χ0v) is 10.1. The molecule has 93 valence electrons. The first-order chi connectivity index (χ1) is 8.30. The fraction of sp³-hybridized carbons (Fsp3) is 0.0909. The van der Waals surface area contributed by atoms with Gasteiger partial charge < -0.3 is 5.11 Å². The minimum absolute atomic E-state index is 0.0388. The molecule has 7 heteroatoms. The van der Waals surface area contributed by atoms with Gasteiger partial charge in [-0.15, -0.1) is 0 Å². The molecule has 6 nitrogen and oxygen atoms in total. The van der Waals surface area contributed by atoms with E-state index in [1.54, 1.807) is 0 Å². The van der Waals surface area contributed by atoms with Gasteiger partial charge >= 0.3 is 5.97 Å². The smallest absolute Gasteiger partial charge is 0.342 e. The topological polar surface area (TPSA) is 103 Å². The Balaban J connectivity index is 2.94. The summed E-state index contributed by atoms with van der Waals surface area (Å²) in [4.78, 5) is 22.4. The summed E-state index contributed by atoms with van der Waals surface area (Å²) in [5, 5.41) is 12.9. The molecule has 2 rings (SSSR count). The van der Waals surface area contributed by atoms with Gasteiger partial charge in [0.1, 0.15) is 5.57 Å². The molecule has 18 heavy (non-hydrogen) atoms. The van der Waals surface area contributed by atoms with Crippen molar-refractivity contribution in [3.05, 3.63) is 28.6 Å². The van der Waals surface area contributed by atoms with Crippen LogP contribution in [0.1, 0.15) is 0 Å². The van der Waals surface area contributed by atoms with E-state index in [0.717, 1.165) is 6.26 Å². The van der Waals surface area contributed by atoms with E-state index in [-0.39, 0.29) is 10.1 Å². The highest BCUT2D eigenvalue weighted by Gasteiger charge is 2.22. The molecule has 0 bridgehead atoms. The number of nitrogens with zero attached hydrogens (tertiary/aromatic N) is 1. The van der Waals surface area contributed by atoms with Gasteiger partial charge in [-0.05, 0) is 12.1 Å². The summed E-state index contributed by atoms with van der Waals surface area (Å²) in [6, 6.07) is 3.94. The van der Waals surface area contributed by atoms with E-state index >= 15 is 0 Å². The Kier molecular flexibility index (Phi) is 2.70. The molecule has 0 spiro atoms. The first-order valence-electron chi connectivity index (χ1n) is 4.84. The second kappa shape index (κ2) is 3.95. The molecular weight excluding hydrogens is 258 g/mol. The number of amides is 1. The van der Waals surface area contributed by atoms with Crippen LogP contribution in [0.25, 0.3) is 11.8 Å². The van der Waals surface area contributed by atoms with Crippen LogP contribution in [0.4, 0.5) is 0 Å². The summed E-state index contributed by atoms with van der Waals surface area (Å²) in [6.07, 6.45) is 2.23. The van der Waals surface area contributed by atoms with E-state index < -0.39 is 27.3 Å². The Hall–Kier alpha value is -2.15. The maximum Gasteiger partial charge on any atom is 0.342 e. The number of carbonyl (C=O) groups excluding carboxylic acids is 1. The number of benzene rings is 1. The summed E-state index contributed by atoms with van der Waals surface area (Å²) < 4.78 is 22.8. The lowest BCUT2D eigenvalue weighted by Gasteiger charge is -2.06. The normalized spacial score (nSPS) is 14.5. The molecular formula is C11H8NO5S. The second-order valence-corrected chi connectivity index (χ2v) is 5.78. The number of carboxylic acids is 1. The fourth-order valence-electron chi connectivity index (χ4n) is 1.61. The minimum atomic E-state index is -3.46. The largest absolute Gasteiger partial charge is 0.477 e. The molecule has 1 radical (unpaired) electrons. The van der Waals surface area contributed by atoms with Crippen molar-refractivity contribution in [2.45, 2.75) is 4.90 Å². The molecule has 1 N–H and O–H groups in total. The molecule has 1 aromatic rings. The van der Waals surface area contributed by atoms with E-state index in [2.05, 4.69) is 5.32 Å². The van der Waals surface area contributed by atoms with Crippen molar-refractivity contribution in [1.82, 2.24) is 5.32 Å². The number of hydrogen-bond donors (Lipinski definition) is 1. The standard InChI is InChI=1S/C11H8NO5S/c1-18(16,17)7-3-2-6-5-12-10(13)9(11(14)15)8(6)4-7/h2-5H,1H3,(H,14,15). The highest BCUT2D eigenvalue weighted by atomic mass is 32.2.